The SMILES string of the molecule is Cc1nc(C(=O)Nc2cc(C(F)(F)F)ccc2I)ccc1C#N. The molecule has 0 unspecified atom stereocenters. The second-order valence-corrected chi connectivity index (χ2v) is 5.75. The predicted molar refractivity (Wildman–Crippen MR) is 85.8 cm³/mol. The zero-order valence-corrected chi connectivity index (χ0v) is 13.9. The number of hydrogen-bond donors (Lipinski definition) is 1. The predicted octanol–water partition coefficient (Wildman–Crippen LogP) is 4.14. The van der Waals surface area contributed by atoms with Gasteiger partial charge >= 0.3 is 6.18 Å². The van der Waals surface area contributed by atoms with Crippen LogP contribution in [0, 0.1) is 21.8 Å². The van der Waals surface area contributed by atoms with Gasteiger partial charge in [0.15, 0.2) is 0 Å². The number of halogens is 4. The highest BCUT2D eigenvalue weighted by molar-refractivity contribution is 14.1. The molecule has 8 heteroatoms. The molecule has 0 spiro atoms. The van der Waals surface area contributed by atoms with Gasteiger partial charge in [-0.1, -0.05) is 0 Å². The number of aromatic nitrogens is 1. The number of nitrogens with one attached hydrogen (secondary N) is 1. The van der Waals surface area contributed by atoms with Crippen molar-refractivity contribution in [2.75, 3.05) is 5.32 Å². The van der Waals surface area contributed by atoms with Crippen molar-refractivity contribution in [3.05, 3.63) is 56.4 Å². The summed E-state index contributed by atoms with van der Waals surface area (Å²) in [6, 6.07) is 7.80. The molecule has 1 heterocycles. The van der Waals surface area contributed by atoms with Gasteiger partial charge in [0, 0.05) is 3.57 Å². The Labute approximate surface area is 143 Å². The first kappa shape index (κ1) is 17.2. The Balaban J connectivity index is 2.30. The third-order valence-corrected chi connectivity index (χ3v) is 3.92. The van der Waals surface area contributed by atoms with E-state index in [2.05, 4.69) is 10.3 Å². The maximum absolute atomic E-state index is 12.7. The molecule has 0 atom stereocenters. The van der Waals surface area contributed by atoms with Crippen LogP contribution >= 0.6 is 22.6 Å². The van der Waals surface area contributed by atoms with Crippen LogP contribution in [0.5, 0.6) is 0 Å². The van der Waals surface area contributed by atoms with Crippen molar-refractivity contribution >= 4 is 34.2 Å². The zero-order chi connectivity index (χ0) is 17.2. The minimum atomic E-state index is -4.49. The molecule has 0 bridgehead atoms. The number of carbonyl (C=O) groups is 1. The molecule has 1 N–H and O–H groups in total. The normalized spacial score (nSPS) is 11.0. The number of nitrogens with zero attached hydrogens (tertiary/aromatic N) is 2. The smallest absolute Gasteiger partial charge is 0.320 e. The number of pyridine rings is 1. The molecule has 2 rings (SSSR count). The lowest BCUT2D eigenvalue weighted by Gasteiger charge is -2.12. The van der Waals surface area contributed by atoms with Gasteiger partial charge in [-0.05, 0) is 59.8 Å². The number of amides is 1. The molecule has 0 aliphatic rings. The number of aryl methyl sites for hydroxylation is 1. The van der Waals surface area contributed by atoms with Gasteiger partial charge in [-0.25, -0.2) is 4.98 Å². The van der Waals surface area contributed by atoms with Crippen LogP contribution in [-0.2, 0) is 6.18 Å². The fourth-order valence-corrected chi connectivity index (χ4v) is 2.26. The lowest BCUT2D eigenvalue weighted by atomic mass is 10.1. The topological polar surface area (TPSA) is 65.8 Å². The number of nitriles is 1. The van der Waals surface area contributed by atoms with Gasteiger partial charge in [0.1, 0.15) is 11.8 Å². The Hall–Kier alpha value is -2.15. The van der Waals surface area contributed by atoms with Crippen LogP contribution < -0.4 is 5.32 Å². The first-order chi connectivity index (χ1) is 10.7. The summed E-state index contributed by atoms with van der Waals surface area (Å²) in [6.45, 7) is 1.57. The summed E-state index contributed by atoms with van der Waals surface area (Å²) >= 11 is 1.83. The first-order valence-electron chi connectivity index (χ1n) is 6.28. The van der Waals surface area contributed by atoms with E-state index < -0.39 is 17.6 Å². The van der Waals surface area contributed by atoms with Gasteiger partial charge < -0.3 is 5.32 Å². The van der Waals surface area contributed by atoms with Crippen molar-refractivity contribution in [3.63, 3.8) is 0 Å². The van der Waals surface area contributed by atoms with Crippen LogP contribution in [0.4, 0.5) is 18.9 Å². The Morgan fingerprint density at radius 2 is 2.00 bits per heavy atom. The minimum Gasteiger partial charge on any atom is -0.320 e. The van der Waals surface area contributed by atoms with Crippen molar-refractivity contribution in [1.29, 1.82) is 5.26 Å². The summed E-state index contributed by atoms with van der Waals surface area (Å²) in [5.41, 5.74) is -0.0739. The van der Waals surface area contributed by atoms with Gasteiger partial charge in [0.05, 0.1) is 22.5 Å². The first-order valence-corrected chi connectivity index (χ1v) is 7.36. The second kappa shape index (κ2) is 6.54. The van der Waals surface area contributed by atoms with E-state index in [4.69, 9.17) is 5.26 Å². The molecule has 23 heavy (non-hydrogen) atoms. The Bertz CT molecular complexity index is 813. The van der Waals surface area contributed by atoms with Crippen LogP contribution in [-0.4, -0.2) is 10.9 Å². The Morgan fingerprint density at radius 1 is 1.30 bits per heavy atom. The van der Waals surface area contributed by atoms with E-state index in [0.717, 1.165) is 12.1 Å². The number of carbonyl (C=O) groups excluding carboxylic acids is 1. The summed E-state index contributed by atoms with van der Waals surface area (Å²) in [6.07, 6.45) is -4.49. The largest absolute Gasteiger partial charge is 0.416 e. The molecule has 0 aliphatic carbocycles. The molecule has 118 valence electrons. The van der Waals surface area contributed by atoms with Gasteiger partial charge in [-0.3, -0.25) is 4.79 Å². The molecule has 1 aromatic carbocycles. The van der Waals surface area contributed by atoms with E-state index >= 15 is 0 Å². The van der Waals surface area contributed by atoms with Gasteiger partial charge in [0.25, 0.3) is 5.91 Å². The number of rotatable bonds is 2. The van der Waals surface area contributed by atoms with E-state index in [1.165, 1.54) is 18.2 Å². The summed E-state index contributed by atoms with van der Waals surface area (Å²) in [7, 11) is 0. The Kier molecular flexibility index (Phi) is 4.89. The van der Waals surface area contributed by atoms with E-state index in [9.17, 15) is 18.0 Å². The van der Waals surface area contributed by atoms with Crippen molar-refractivity contribution < 1.29 is 18.0 Å². The number of anilines is 1. The molecule has 0 aliphatic heterocycles. The average molecular weight is 431 g/mol. The third kappa shape index (κ3) is 3.98. The fourth-order valence-electron chi connectivity index (χ4n) is 1.79. The van der Waals surface area contributed by atoms with Gasteiger partial charge in [0.2, 0.25) is 0 Å². The standard InChI is InChI=1S/C15H9F3IN3O/c1-8-9(7-20)2-5-12(21-8)14(23)22-13-6-10(15(16,17)18)3-4-11(13)19/h2-6H,1H3,(H,22,23). The average Bonchev–Trinajstić information content (AvgIpc) is 2.48. The highest BCUT2D eigenvalue weighted by Crippen LogP contribution is 2.32. The van der Waals surface area contributed by atoms with Crippen molar-refractivity contribution in [2.45, 2.75) is 13.1 Å². The van der Waals surface area contributed by atoms with Crippen LogP contribution in [0.2, 0.25) is 0 Å². The maximum Gasteiger partial charge on any atom is 0.416 e. The Morgan fingerprint density at radius 3 is 2.57 bits per heavy atom. The molecule has 0 saturated carbocycles. The molecule has 2 aromatic rings. The van der Waals surface area contributed by atoms with Crippen molar-refractivity contribution in [3.8, 4) is 6.07 Å². The van der Waals surface area contributed by atoms with Crippen molar-refractivity contribution in [1.82, 2.24) is 4.98 Å². The minimum absolute atomic E-state index is 0.0229. The molecule has 1 amide bonds. The van der Waals surface area contributed by atoms with E-state index in [1.54, 1.807) is 6.92 Å². The molecular weight excluding hydrogens is 422 g/mol. The summed E-state index contributed by atoms with van der Waals surface area (Å²) in [4.78, 5) is 16.1. The summed E-state index contributed by atoms with van der Waals surface area (Å²) < 4.78 is 38.7. The van der Waals surface area contributed by atoms with Crippen LogP contribution in [0.1, 0.15) is 27.3 Å². The molecule has 0 saturated heterocycles. The highest BCUT2D eigenvalue weighted by Gasteiger charge is 2.31. The second-order valence-electron chi connectivity index (χ2n) is 4.59. The fraction of sp³-hybridized carbons (Fsp3) is 0.133. The lowest BCUT2D eigenvalue weighted by Crippen LogP contribution is -2.16. The molecule has 0 radical (unpaired) electrons. The highest BCUT2D eigenvalue weighted by atomic mass is 127. The van der Waals surface area contributed by atoms with E-state index in [1.807, 2.05) is 28.7 Å². The van der Waals surface area contributed by atoms with Gasteiger partial charge in [-0.2, -0.15) is 18.4 Å². The number of benzene rings is 1. The van der Waals surface area contributed by atoms with E-state index in [0.29, 0.717) is 14.8 Å². The maximum atomic E-state index is 12.7. The molecule has 0 fully saturated rings. The summed E-state index contributed by atoms with van der Waals surface area (Å²) in [5, 5.41) is 11.2. The summed E-state index contributed by atoms with van der Waals surface area (Å²) in [5.74, 6) is -0.644. The quantitative estimate of drug-likeness (QED) is 0.728. The van der Waals surface area contributed by atoms with Crippen LogP contribution in [0.3, 0.4) is 0 Å². The lowest BCUT2D eigenvalue weighted by molar-refractivity contribution is -0.137. The molecule has 1 aromatic heterocycles. The van der Waals surface area contributed by atoms with Crippen molar-refractivity contribution in [2.24, 2.45) is 0 Å². The molecular formula is C15H9F3IN3O. The monoisotopic (exact) mass is 431 g/mol. The zero-order valence-electron chi connectivity index (χ0n) is 11.7. The van der Waals surface area contributed by atoms with Crippen LogP contribution in [0.25, 0.3) is 0 Å². The third-order valence-electron chi connectivity index (χ3n) is 2.98. The van der Waals surface area contributed by atoms with Crippen LogP contribution in [0.15, 0.2) is 30.3 Å². The van der Waals surface area contributed by atoms with Gasteiger partial charge in [-0.15, -0.1) is 0 Å². The number of hydrogen-bond acceptors (Lipinski definition) is 3. The van der Waals surface area contributed by atoms with E-state index in [-0.39, 0.29) is 11.4 Å². The number of alkyl halides is 3. The molecule has 4 nitrogen and oxygen atoms in total.